The van der Waals surface area contributed by atoms with Crippen LogP contribution in [0.5, 0.6) is 0 Å². The van der Waals surface area contributed by atoms with Crippen molar-refractivity contribution in [3.63, 3.8) is 0 Å². The molecule has 1 heterocycles. The smallest absolute Gasteiger partial charge is 0.154 e. The minimum atomic E-state index is -3.19. The lowest BCUT2D eigenvalue weighted by atomic mass is 9.98. The van der Waals surface area contributed by atoms with Crippen molar-refractivity contribution >= 4 is 28.1 Å². The van der Waals surface area contributed by atoms with Crippen LogP contribution in [0, 0.1) is 5.82 Å². The van der Waals surface area contributed by atoms with E-state index in [1.165, 1.54) is 18.5 Å². The normalized spacial score (nSPS) is 11.0. The molecule has 0 unspecified atom stereocenters. The van der Waals surface area contributed by atoms with Crippen molar-refractivity contribution in [2.24, 2.45) is 0 Å². The Kier molecular flexibility index (Phi) is 6.51. The summed E-state index contributed by atoms with van der Waals surface area (Å²) in [5.41, 5.74) is 8.14. The first-order chi connectivity index (χ1) is 12.4. The average molecular weight is 408 g/mol. The number of nitrogen functional groups attached to an aromatic ring is 1. The number of anilines is 1. The topological polar surface area (TPSA) is 85.9 Å². The second-order valence-electron chi connectivity index (χ2n) is 5.85. The van der Waals surface area contributed by atoms with Crippen LogP contribution in [-0.4, -0.2) is 24.1 Å². The number of benzene rings is 2. The zero-order chi connectivity index (χ0) is 18.7. The second-order valence-corrected chi connectivity index (χ2v) is 8.21. The molecule has 0 aliphatic rings. The van der Waals surface area contributed by atoms with Gasteiger partial charge < -0.3 is 5.73 Å². The first kappa shape index (κ1) is 20.8. The molecule has 0 aliphatic carbocycles. The number of aromatic nitrogens is 2. The Hall–Kier alpha value is -2.51. The van der Waals surface area contributed by atoms with Crippen LogP contribution >= 0.6 is 12.4 Å². The molecular formula is C19H19ClFN3O2S. The Bertz CT molecular complexity index is 1040. The number of rotatable bonds is 5. The molecule has 0 saturated heterocycles. The molecule has 0 saturated carbocycles. The van der Waals surface area contributed by atoms with Gasteiger partial charge >= 0.3 is 0 Å². The van der Waals surface area contributed by atoms with Gasteiger partial charge in [-0.2, -0.15) is 0 Å². The SMILES string of the molecule is CCS(=O)(=O)Cc1ccccc1-c1ccc(-c2cnc(N)cn2)c(F)c1.Cl. The van der Waals surface area contributed by atoms with E-state index < -0.39 is 15.7 Å². The van der Waals surface area contributed by atoms with E-state index in [1.807, 2.05) is 0 Å². The highest BCUT2D eigenvalue weighted by Gasteiger charge is 2.15. The van der Waals surface area contributed by atoms with E-state index in [1.54, 1.807) is 43.3 Å². The number of sulfone groups is 1. The minimum Gasteiger partial charge on any atom is -0.382 e. The van der Waals surface area contributed by atoms with E-state index >= 15 is 0 Å². The lowest BCUT2D eigenvalue weighted by Gasteiger charge is -2.11. The van der Waals surface area contributed by atoms with Crippen molar-refractivity contribution in [3.8, 4) is 22.4 Å². The van der Waals surface area contributed by atoms with Crippen LogP contribution in [0.4, 0.5) is 10.2 Å². The molecule has 3 aromatic rings. The zero-order valence-electron chi connectivity index (χ0n) is 14.6. The summed E-state index contributed by atoms with van der Waals surface area (Å²) in [6.45, 7) is 1.61. The molecule has 3 rings (SSSR count). The van der Waals surface area contributed by atoms with Gasteiger partial charge in [0.25, 0.3) is 0 Å². The Labute approximate surface area is 163 Å². The van der Waals surface area contributed by atoms with E-state index in [0.29, 0.717) is 27.9 Å². The van der Waals surface area contributed by atoms with Gasteiger partial charge in [-0.15, -0.1) is 12.4 Å². The third-order valence-electron chi connectivity index (χ3n) is 4.06. The molecule has 0 radical (unpaired) electrons. The van der Waals surface area contributed by atoms with Gasteiger partial charge in [-0.05, 0) is 28.8 Å². The Morgan fingerprint density at radius 3 is 2.41 bits per heavy atom. The van der Waals surface area contributed by atoms with Gasteiger partial charge in [0.05, 0.1) is 23.8 Å². The van der Waals surface area contributed by atoms with Gasteiger partial charge in [-0.25, -0.2) is 17.8 Å². The maximum atomic E-state index is 14.6. The lowest BCUT2D eigenvalue weighted by molar-refractivity contribution is 0.596. The van der Waals surface area contributed by atoms with E-state index in [9.17, 15) is 12.8 Å². The molecule has 0 spiro atoms. The van der Waals surface area contributed by atoms with Crippen molar-refractivity contribution in [1.82, 2.24) is 9.97 Å². The van der Waals surface area contributed by atoms with Crippen molar-refractivity contribution in [2.75, 3.05) is 11.5 Å². The van der Waals surface area contributed by atoms with Gasteiger partial charge in [-0.1, -0.05) is 37.3 Å². The predicted octanol–water partition coefficient (Wildman–Crippen LogP) is 3.89. The van der Waals surface area contributed by atoms with Gasteiger partial charge in [0, 0.05) is 11.3 Å². The molecular weight excluding hydrogens is 389 g/mol. The summed E-state index contributed by atoms with van der Waals surface area (Å²) in [6, 6.07) is 11.8. The minimum absolute atomic E-state index is 0. The van der Waals surface area contributed by atoms with Gasteiger partial charge in [0.1, 0.15) is 11.6 Å². The molecule has 142 valence electrons. The fourth-order valence-electron chi connectivity index (χ4n) is 2.63. The summed E-state index contributed by atoms with van der Waals surface area (Å²) in [4.78, 5) is 8.00. The number of hydrogen-bond donors (Lipinski definition) is 1. The molecule has 0 aliphatic heterocycles. The summed E-state index contributed by atoms with van der Waals surface area (Å²) < 4.78 is 38.6. The Morgan fingerprint density at radius 1 is 1.04 bits per heavy atom. The van der Waals surface area contributed by atoms with Crippen LogP contribution < -0.4 is 5.73 Å². The van der Waals surface area contributed by atoms with E-state index in [2.05, 4.69) is 9.97 Å². The maximum absolute atomic E-state index is 14.6. The monoisotopic (exact) mass is 407 g/mol. The van der Waals surface area contributed by atoms with Crippen molar-refractivity contribution in [2.45, 2.75) is 12.7 Å². The molecule has 1 aromatic heterocycles. The molecule has 8 heteroatoms. The van der Waals surface area contributed by atoms with Gasteiger partial charge in [0.2, 0.25) is 0 Å². The van der Waals surface area contributed by atoms with Crippen LogP contribution in [0.25, 0.3) is 22.4 Å². The van der Waals surface area contributed by atoms with E-state index in [-0.39, 0.29) is 29.7 Å². The fourth-order valence-corrected chi connectivity index (χ4v) is 3.56. The Balaban J connectivity index is 0.00000261. The first-order valence-corrected chi connectivity index (χ1v) is 9.88. The highest BCUT2D eigenvalue weighted by atomic mass is 35.5. The average Bonchev–Trinajstić information content (AvgIpc) is 2.63. The third-order valence-corrected chi connectivity index (χ3v) is 5.69. The van der Waals surface area contributed by atoms with E-state index in [0.717, 1.165) is 0 Å². The molecule has 0 atom stereocenters. The molecule has 5 nitrogen and oxygen atoms in total. The third kappa shape index (κ3) is 4.81. The molecule has 0 fully saturated rings. The highest BCUT2D eigenvalue weighted by Crippen LogP contribution is 2.29. The van der Waals surface area contributed by atoms with Crippen LogP contribution in [0.2, 0.25) is 0 Å². The van der Waals surface area contributed by atoms with Crippen LogP contribution in [0.15, 0.2) is 54.9 Å². The summed E-state index contributed by atoms with van der Waals surface area (Å²) in [6.07, 6.45) is 2.78. The quantitative estimate of drug-likeness (QED) is 0.693. The fraction of sp³-hybridized carbons (Fsp3) is 0.158. The van der Waals surface area contributed by atoms with Crippen molar-refractivity contribution in [3.05, 3.63) is 66.2 Å². The molecule has 0 amide bonds. The first-order valence-electron chi connectivity index (χ1n) is 8.06. The molecule has 2 N–H and O–H groups in total. The number of nitrogens with zero attached hydrogens (tertiary/aromatic N) is 2. The standard InChI is InChI=1S/C19H18FN3O2S.ClH/c1-2-26(24,25)12-14-5-3-4-6-15(14)13-7-8-16(17(20)9-13)18-10-23-19(21)11-22-18;/h3-11H,2,12H2,1H3,(H2,21,23);1H. The zero-order valence-corrected chi connectivity index (χ0v) is 16.2. The highest BCUT2D eigenvalue weighted by molar-refractivity contribution is 7.90. The van der Waals surface area contributed by atoms with Crippen molar-refractivity contribution < 1.29 is 12.8 Å². The second kappa shape index (κ2) is 8.45. The summed E-state index contributed by atoms with van der Waals surface area (Å²) in [5.74, 6) is -0.219. The Morgan fingerprint density at radius 2 is 1.78 bits per heavy atom. The predicted molar refractivity (Wildman–Crippen MR) is 108 cm³/mol. The van der Waals surface area contributed by atoms with E-state index in [4.69, 9.17) is 5.73 Å². The summed E-state index contributed by atoms with van der Waals surface area (Å²) in [5, 5.41) is 0. The summed E-state index contributed by atoms with van der Waals surface area (Å²) >= 11 is 0. The number of hydrogen-bond acceptors (Lipinski definition) is 5. The maximum Gasteiger partial charge on any atom is 0.154 e. The summed E-state index contributed by atoms with van der Waals surface area (Å²) in [7, 11) is -3.19. The molecule has 0 bridgehead atoms. The van der Waals surface area contributed by atoms with Gasteiger partial charge in [0.15, 0.2) is 9.84 Å². The number of halogens is 2. The molecule has 27 heavy (non-hydrogen) atoms. The lowest BCUT2D eigenvalue weighted by Crippen LogP contribution is -2.07. The van der Waals surface area contributed by atoms with Crippen LogP contribution in [0.3, 0.4) is 0 Å². The van der Waals surface area contributed by atoms with Gasteiger partial charge in [-0.3, -0.25) is 4.98 Å². The van der Waals surface area contributed by atoms with Crippen LogP contribution in [0.1, 0.15) is 12.5 Å². The van der Waals surface area contributed by atoms with Crippen molar-refractivity contribution in [1.29, 1.82) is 0 Å². The largest absolute Gasteiger partial charge is 0.382 e. The van der Waals surface area contributed by atoms with Crippen LogP contribution in [-0.2, 0) is 15.6 Å². The number of nitrogens with two attached hydrogens (primary N) is 1. The molecule has 2 aromatic carbocycles.